The summed E-state index contributed by atoms with van der Waals surface area (Å²) >= 11 is 0. The van der Waals surface area contributed by atoms with E-state index in [0.29, 0.717) is 6.42 Å². The lowest BCUT2D eigenvalue weighted by Gasteiger charge is -2.07. The van der Waals surface area contributed by atoms with Crippen molar-refractivity contribution in [2.75, 3.05) is 5.32 Å². The smallest absolute Gasteiger partial charge is 0.224 e. The Hall–Kier alpha value is -2.10. The highest BCUT2D eigenvalue weighted by Gasteiger charge is 2.13. The molecule has 0 saturated heterocycles. The Morgan fingerprint density at radius 2 is 2.05 bits per heavy atom. The minimum Gasteiger partial charge on any atom is -0.323 e. The molecule has 112 valence electrons. The minimum atomic E-state index is 0.0544. The van der Waals surface area contributed by atoms with Crippen molar-refractivity contribution in [3.63, 3.8) is 0 Å². The maximum atomic E-state index is 11.8. The van der Waals surface area contributed by atoms with E-state index in [-0.39, 0.29) is 5.91 Å². The number of hydrogen-bond acceptors (Lipinski definition) is 2. The van der Waals surface area contributed by atoms with E-state index in [1.807, 2.05) is 25.5 Å². The van der Waals surface area contributed by atoms with Crippen LogP contribution in [0.3, 0.4) is 0 Å². The second-order valence-corrected chi connectivity index (χ2v) is 5.49. The Kier molecular flexibility index (Phi) is 4.78. The second kappa shape index (κ2) is 6.57. The fourth-order valence-corrected chi connectivity index (χ4v) is 2.44. The van der Waals surface area contributed by atoms with Crippen LogP contribution in [-0.2, 0) is 11.3 Å². The number of nitrogens with zero attached hydrogens (tertiary/aromatic N) is 2. The number of carbonyl (C=O) groups excluding carboxylic acids is 1. The van der Waals surface area contributed by atoms with Crippen molar-refractivity contribution in [3.8, 4) is 0 Å². The maximum Gasteiger partial charge on any atom is 0.224 e. The Labute approximate surface area is 126 Å². The van der Waals surface area contributed by atoms with E-state index in [9.17, 15) is 4.79 Å². The van der Waals surface area contributed by atoms with Crippen LogP contribution in [0, 0.1) is 20.8 Å². The molecule has 0 aliphatic heterocycles. The van der Waals surface area contributed by atoms with Gasteiger partial charge in [0.15, 0.2) is 0 Å². The van der Waals surface area contributed by atoms with Crippen LogP contribution in [0.25, 0.3) is 0 Å². The van der Waals surface area contributed by atoms with Crippen LogP contribution in [0.4, 0.5) is 5.69 Å². The molecule has 0 unspecified atom stereocenters. The minimum absolute atomic E-state index is 0.0544. The van der Waals surface area contributed by atoms with Gasteiger partial charge in [-0.3, -0.25) is 9.48 Å². The molecule has 1 heterocycles. The molecule has 0 fully saturated rings. The third-order valence-electron chi connectivity index (χ3n) is 3.54. The van der Waals surface area contributed by atoms with Gasteiger partial charge in [0.2, 0.25) is 5.91 Å². The van der Waals surface area contributed by atoms with Crippen molar-refractivity contribution in [3.05, 3.63) is 46.8 Å². The number of carbonyl (C=O) groups is 1. The molecule has 4 heteroatoms. The highest BCUT2D eigenvalue weighted by atomic mass is 16.1. The Morgan fingerprint density at radius 1 is 1.29 bits per heavy atom. The fraction of sp³-hybridized carbons (Fsp3) is 0.412. The molecular weight excluding hydrogens is 262 g/mol. The van der Waals surface area contributed by atoms with Crippen molar-refractivity contribution in [2.45, 2.75) is 47.1 Å². The van der Waals surface area contributed by atoms with E-state index >= 15 is 0 Å². The summed E-state index contributed by atoms with van der Waals surface area (Å²) in [4.78, 5) is 11.8. The summed E-state index contributed by atoms with van der Waals surface area (Å²) in [5, 5.41) is 7.52. The number of aromatic nitrogens is 2. The van der Waals surface area contributed by atoms with Gasteiger partial charge in [-0.2, -0.15) is 5.10 Å². The predicted molar refractivity (Wildman–Crippen MR) is 85.5 cm³/mol. The van der Waals surface area contributed by atoms with E-state index < -0.39 is 0 Å². The molecule has 0 aliphatic carbocycles. The molecule has 1 N–H and O–H groups in total. The van der Waals surface area contributed by atoms with Crippen molar-refractivity contribution in [2.24, 2.45) is 0 Å². The van der Waals surface area contributed by atoms with Gasteiger partial charge < -0.3 is 5.32 Å². The van der Waals surface area contributed by atoms with E-state index in [1.165, 1.54) is 11.1 Å². The largest absolute Gasteiger partial charge is 0.323 e. The van der Waals surface area contributed by atoms with E-state index in [0.717, 1.165) is 30.0 Å². The summed E-state index contributed by atoms with van der Waals surface area (Å²) in [5.74, 6) is 0.0544. The standard InChI is InChI=1S/C17H23N3O/c1-5-7-16(21)18-17-13(3)19-20(14(17)4)11-15-9-6-8-12(2)10-15/h6,8-10H,5,7,11H2,1-4H3,(H,18,21). The molecule has 21 heavy (non-hydrogen) atoms. The molecule has 1 amide bonds. The first kappa shape index (κ1) is 15.3. The van der Waals surface area contributed by atoms with Crippen molar-refractivity contribution >= 4 is 11.6 Å². The van der Waals surface area contributed by atoms with Gasteiger partial charge in [-0.1, -0.05) is 36.8 Å². The van der Waals surface area contributed by atoms with Crippen LogP contribution in [0.5, 0.6) is 0 Å². The molecular formula is C17H23N3O. The number of rotatable bonds is 5. The normalized spacial score (nSPS) is 10.7. The zero-order chi connectivity index (χ0) is 15.4. The summed E-state index contributed by atoms with van der Waals surface area (Å²) in [6, 6.07) is 8.39. The molecule has 1 aromatic heterocycles. The number of aryl methyl sites for hydroxylation is 2. The van der Waals surface area contributed by atoms with Gasteiger partial charge in [0.25, 0.3) is 0 Å². The zero-order valence-corrected chi connectivity index (χ0v) is 13.2. The molecule has 0 atom stereocenters. The Balaban J connectivity index is 2.20. The number of hydrogen-bond donors (Lipinski definition) is 1. The average Bonchev–Trinajstić information content (AvgIpc) is 2.67. The molecule has 0 spiro atoms. The first-order valence-corrected chi connectivity index (χ1v) is 7.40. The third kappa shape index (κ3) is 3.72. The van der Waals surface area contributed by atoms with E-state index in [2.05, 4.69) is 41.6 Å². The van der Waals surface area contributed by atoms with Gasteiger partial charge in [0.05, 0.1) is 23.6 Å². The highest BCUT2D eigenvalue weighted by Crippen LogP contribution is 2.21. The molecule has 2 aromatic rings. The van der Waals surface area contributed by atoms with Gasteiger partial charge in [-0.15, -0.1) is 0 Å². The number of amides is 1. The first-order valence-electron chi connectivity index (χ1n) is 7.40. The van der Waals surface area contributed by atoms with Crippen molar-refractivity contribution in [1.82, 2.24) is 9.78 Å². The Bertz CT molecular complexity index is 643. The number of nitrogens with one attached hydrogen (secondary N) is 1. The summed E-state index contributed by atoms with van der Waals surface area (Å²) in [7, 11) is 0. The van der Waals surface area contributed by atoms with Gasteiger partial charge in [-0.05, 0) is 32.8 Å². The molecule has 0 saturated carbocycles. The SMILES string of the molecule is CCCC(=O)Nc1c(C)nn(Cc2cccc(C)c2)c1C. The molecule has 0 radical (unpaired) electrons. The second-order valence-electron chi connectivity index (χ2n) is 5.49. The maximum absolute atomic E-state index is 11.8. The van der Waals surface area contributed by atoms with Gasteiger partial charge in [-0.25, -0.2) is 0 Å². The molecule has 1 aromatic carbocycles. The average molecular weight is 285 g/mol. The molecule has 2 rings (SSSR count). The lowest BCUT2D eigenvalue weighted by Crippen LogP contribution is -2.12. The van der Waals surface area contributed by atoms with E-state index in [1.54, 1.807) is 0 Å². The summed E-state index contributed by atoms with van der Waals surface area (Å²) in [6.07, 6.45) is 1.39. The van der Waals surface area contributed by atoms with Crippen LogP contribution in [-0.4, -0.2) is 15.7 Å². The zero-order valence-electron chi connectivity index (χ0n) is 13.2. The predicted octanol–water partition coefficient (Wildman–Crippen LogP) is 3.60. The van der Waals surface area contributed by atoms with Crippen LogP contribution in [0.1, 0.15) is 42.3 Å². The van der Waals surface area contributed by atoms with Crippen LogP contribution in [0.2, 0.25) is 0 Å². The number of anilines is 1. The molecule has 0 aliphatic rings. The first-order chi connectivity index (χ1) is 10.0. The van der Waals surface area contributed by atoms with Crippen LogP contribution in [0.15, 0.2) is 24.3 Å². The summed E-state index contributed by atoms with van der Waals surface area (Å²) < 4.78 is 1.95. The van der Waals surface area contributed by atoms with E-state index in [4.69, 9.17) is 0 Å². The van der Waals surface area contributed by atoms with Gasteiger partial charge >= 0.3 is 0 Å². The topological polar surface area (TPSA) is 46.9 Å². The van der Waals surface area contributed by atoms with Gasteiger partial charge in [0, 0.05) is 6.42 Å². The summed E-state index contributed by atoms with van der Waals surface area (Å²) in [5.41, 5.74) is 5.17. The quantitative estimate of drug-likeness (QED) is 0.912. The lowest BCUT2D eigenvalue weighted by atomic mass is 10.1. The summed E-state index contributed by atoms with van der Waals surface area (Å²) in [6.45, 7) is 8.73. The highest BCUT2D eigenvalue weighted by molar-refractivity contribution is 5.91. The number of benzene rings is 1. The monoisotopic (exact) mass is 285 g/mol. The molecule has 0 bridgehead atoms. The van der Waals surface area contributed by atoms with Crippen LogP contribution >= 0.6 is 0 Å². The van der Waals surface area contributed by atoms with Crippen LogP contribution < -0.4 is 5.32 Å². The third-order valence-corrected chi connectivity index (χ3v) is 3.54. The Morgan fingerprint density at radius 3 is 2.71 bits per heavy atom. The fourth-order valence-electron chi connectivity index (χ4n) is 2.44. The molecule has 4 nitrogen and oxygen atoms in total. The van der Waals surface area contributed by atoms with Gasteiger partial charge in [0.1, 0.15) is 0 Å². The van der Waals surface area contributed by atoms with Crippen molar-refractivity contribution in [1.29, 1.82) is 0 Å². The van der Waals surface area contributed by atoms with Crippen molar-refractivity contribution < 1.29 is 4.79 Å². The lowest BCUT2D eigenvalue weighted by molar-refractivity contribution is -0.116.